The van der Waals surface area contributed by atoms with E-state index in [4.69, 9.17) is 10.2 Å². The van der Waals surface area contributed by atoms with E-state index in [-0.39, 0.29) is 49.0 Å². The van der Waals surface area contributed by atoms with Gasteiger partial charge < -0.3 is 24.9 Å². The Labute approximate surface area is 411 Å². The summed E-state index contributed by atoms with van der Waals surface area (Å²) in [4.78, 5) is 53.3. The summed E-state index contributed by atoms with van der Waals surface area (Å²) in [6.45, 7) is 17.2. The first-order valence-corrected chi connectivity index (χ1v) is 39.8. The Morgan fingerprint density at radius 1 is 0.714 bits per heavy atom. The number of ketones is 2. The van der Waals surface area contributed by atoms with E-state index in [2.05, 4.69) is 117 Å². The molecule has 4 aliphatic rings. The van der Waals surface area contributed by atoms with Gasteiger partial charge in [-0.15, -0.1) is 24.0 Å². The number of likely N-dealkylation sites (tertiary alicyclic amines) is 3. The molecular weight excluding hydrogens is 1420 g/mol. The zero-order chi connectivity index (χ0) is 42.3. The summed E-state index contributed by atoms with van der Waals surface area (Å²) >= 11 is 9.54. The molecule has 2 N–H and O–H groups in total. The molecule has 3 saturated heterocycles. The molecule has 4 rings (SSSR count). The number of rotatable bonds is 10. The first-order chi connectivity index (χ1) is 25.2. The van der Waals surface area contributed by atoms with Crippen LogP contribution in [0.25, 0.3) is 0 Å². The number of carbonyl (C=O) groups excluding carboxylic acids is 2. The van der Waals surface area contributed by atoms with E-state index < -0.39 is 21.5 Å². The molecule has 18 heteroatoms. The van der Waals surface area contributed by atoms with Crippen LogP contribution in [0.2, 0.25) is 0 Å². The molecule has 4 aliphatic heterocycles. The number of hydrogen-bond donors (Lipinski definition) is 2. The SMILES string of the molecule is C.CCC(=O)[C@H]1CN(C)C[C@H]1CC.CCC1=C(C(=O)O)CN(C)C1.CC[C@@H]1CN(C)CC1C(=O)C=S(C)(C)=O.CC[C@@H]1CN(C)C[C@@H]1C(=O)O.I.II.I[I-]I. The van der Waals surface area contributed by atoms with Crippen LogP contribution in [0.15, 0.2) is 11.1 Å². The minimum atomic E-state index is -2.05. The molecule has 0 bridgehead atoms. The predicted octanol–water partition coefficient (Wildman–Crippen LogP) is 5.23. The number of Topliss-reactive ketones (excluding diaryl/α,β-unsaturated/α-hetero) is 2. The third-order valence-corrected chi connectivity index (χ3v) is 11.1. The second-order valence-corrected chi connectivity index (χ2v) is 34.0. The van der Waals surface area contributed by atoms with Gasteiger partial charge in [0, 0.05) is 126 Å². The Balaban J connectivity index is -0.000000308. The van der Waals surface area contributed by atoms with Crippen LogP contribution in [0.5, 0.6) is 0 Å². The van der Waals surface area contributed by atoms with Crippen LogP contribution >= 0.6 is 98.4 Å². The molecule has 4 heterocycles. The van der Waals surface area contributed by atoms with Crippen molar-refractivity contribution in [2.75, 3.05) is 93.1 Å². The number of carbonyl (C=O) groups is 4. The van der Waals surface area contributed by atoms with Gasteiger partial charge in [-0.3, -0.25) is 23.5 Å². The van der Waals surface area contributed by atoms with Gasteiger partial charge in [0.25, 0.3) is 0 Å². The van der Waals surface area contributed by atoms with Crippen LogP contribution in [0.4, 0.5) is 0 Å². The molecule has 0 amide bonds. The molecule has 0 aromatic rings. The van der Waals surface area contributed by atoms with Crippen molar-refractivity contribution in [1.82, 2.24) is 19.6 Å². The third kappa shape index (κ3) is 26.0. The van der Waals surface area contributed by atoms with Crippen molar-refractivity contribution < 1.29 is 46.9 Å². The number of nitrogens with zero attached hydrogens (tertiary/aromatic N) is 4. The van der Waals surface area contributed by atoms with Gasteiger partial charge in [-0.25, -0.2) is 4.79 Å². The molecule has 1 unspecified atom stereocenters. The van der Waals surface area contributed by atoms with Crippen molar-refractivity contribution in [2.24, 2.45) is 35.5 Å². The summed E-state index contributed by atoms with van der Waals surface area (Å²) in [7, 11) is 6.00. The second kappa shape index (κ2) is 35.7. The van der Waals surface area contributed by atoms with Crippen molar-refractivity contribution in [3.05, 3.63) is 11.1 Å². The summed E-state index contributed by atoms with van der Waals surface area (Å²) in [6, 6.07) is 0. The van der Waals surface area contributed by atoms with Gasteiger partial charge in [0.15, 0.2) is 5.78 Å². The number of carboxylic acid groups (broad SMARTS) is 2. The van der Waals surface area contributed by atoms with E-state index in [9.17, 15) is 23.4 Å². The zero-order valence-corrected chi connectivity index (χ0v) is 48.6. The van der Waals surface area contributed by atoms with Crippen molar-refractivity contribution in [2.45, 2.75) is 74.1 Å². The minimum absolute atomic E-state index is 0. The Morgan fingerprint density at radius 3 is 1.39 bits per heavy atom. The summed E-state index contributed by atoms with van der Waals surface area (Å²) < 4.78 is 11.5. The quantitative estimate of drug-likeness (QED) is 0.220. The van der Waals surface area contributed by atoms with Crippen LogP contribution in [-0.2, 0) is 28.7 Å². The predicted molar refractivity (Wildman–Crippen MR) is 279 cm³/mol. The van der Waals surface area contributed by atoms with E-state index in [0.29, 0.717) is 67.8 Å². The van der Waals surface area contributed by atoms with E-state index in [0.717, 1.165) is 70.5 Å². The monoisotopic (exact) mass is 1490 g/mol. The number of carboxylic acids is 2. The molecule has 0 aromatic heterocycles. The molecule has 0 aromatic carbocycles. The number of likely N-dealkylation sites (N-methyl/N-ethyl adjacent to an activating group) is 1. The molecule has 56 heavy (non-hydrogen) atoms. The fraction of sp³-hybridized carbons (Fsp3) is 0.816. The Bertz CT molecular complexity index is 1300. The molecule has 11 nitrogen and oxygen atoms in total. The van der Waals surface area contributed by atoms with Gasteiger partial charge in [-0.1, -0.05) is 61.3 Å². The van der Waals surface area contributed by atoms with E-state index in [1.165, 1.54) is 5.37 Å². The van der Waals surface area contributed by atoms with Gasteiger partial charge in [0.05, 0.1) is 11.5 Å². The Hall–Kier alpha value is 2.26. The summed E-state index contributed by atoms with van der Waals surface area (Å²) in [6.07, 6.45) is 7.92. The van der Waals surface area contributed by atoms with Crippen LogP contribution in [0.3, 0.4) is 0 Å². The average molecular weight is 1490 g/mol. The van der Waals surface area contributed by atoms with Crippen molar-refractivity contribution >= 4 is 137 Å². The molecule has 0 saturated carbocycles. The fourth-order valence-electron chi connectivity index (χ4n) is 7.50. The molecular formula is C38H73I6N4O7S-. The van der Waals surface area contributed by atoms with Gasteiger partial charge >= 0.3 is 62.4 Å². The molecule has 6 atom stereocenters. The van der Waals surface area contributed by atoms with Crippen molar-refractivity contribution in [3.8, 4) is 0 Å². The number of aliphatic carboxylic acids is 2. The van der Waals surface area contributed by atoms with E-state index in [1.54, 1.807) is 12.5 Å². The fourth-order valence-corrected chi connectivity index (χ4v) is 8.23. The van der Waals surface area contributed by atoms with Gasteiger partial charge in [0.2, 0.25) is 0 Å². The Morgan fingerprint density at radius 2 is 1.09 bits per heavy atom. The Kier molecular flexibility index (Phi) is 41.4. The molecule has 3 fully saturated rings. The maximum absolute atomic E-state index is 11.9. The first-order valence-electron chi connectivity index (χ1n) is 18.5. The topological polar surface area (TPSA) is 139 Å². The van der Waals surface area contributed by atoms with E-state index >= 15 is 0 Å². The van der Waals surface area contributed by atoms with Crippen molar-refractivity contribution in [3.63, 3.8) is 0 Å². The number of hydrogen-bond acceptors (Lipinski definition) is 9. The third-order valence-electron chi connectivity index (χ3n) is 10.3. The average Bonchev–Trinajstić information content (AvgIpc) is 3.89. The maximum atomic E-state index is 11.9. The van der Waals surface area contributed by atoms with Crippen LogP contribution in [-0.4, -0.2) is 156 Å². The standard InChI is InChI=1S/C11H21NO2S.C10H19NO.C8H15NO2.C8H13NO2.CH4.I3.I2.HI/c1-5-9-6-12(2)7-10(9)11(13)8-15(3,4)14;1-4-8-6-11(3)7-9(8)10(12)5-2;2*1-3-6-4-9(2)5-7(6)8(10)11;;1-3-2;1-2;/h8-10H,5-7H2,1-4H3;8-9H,4-7H2,1-3H3;6-7H,3-5H2,1-2H3,(H,10,11);3-5H2,1-2H3,(H,10,11);1H4;;;1H/q;;;;;-1;;/t9-,10?;8-,9+;6-,7+;;;;;/m111...../s1. The summed E-state index contributed by atoms with van der Waals surface area (Å²) in [5, 5.41) is 19.0. The van der Waals surface area contributed by atoms with Gasteiger partial charge in [-0.05, 0) is 67.5 Å². The van der Waals surface area contributed by atoms with E-state index in [1.807, 2.05) is 39.9 Å². The van der Waals surface area contributed by atoms with Crippen LogP contribution in [0, 0.1) is 35.5 Å². The zero-order valence-electron chi connectivity index (χ0n) is 34.7. The molecule has 0 radical (unpaired) electrons. The second-order valence-electron chi connectivity index (χ2n) is 14.9. The summed E-state index contributed by atoms with van der Waals surface area (Å²) in [5.41, 5.74) is 1.66. The van der Waals surface area contributed by atoms with Crippen LogP contribution < -0.4 is 13.3 Å². The first kappa shape index (κ1) is 64.9. The van der Waals surface area contributed by atoms with Gasteiger partial charge in [-0.2, -0.15) is 0 Å². The van der Waals surface area contributed by atoms with Crippen molar-refractivity contribution in [1.29, 1.82) is 0 Å². The molecule has 0 aliphatic carbocycles. The molecule has 336 valence electrons. The summed E-state index contributed by atoms with van der Waals surface area (Å²) in [5.74, 6) is 0.774. The number of halogens is 6. The molecule has 0 spiro atoms. The van der Waals surface area contributed by atoms with Gasteiger partial charge in [0.1, 0.15) is 5.78 Å². The van der Waals surface area contributed by atoms with Crippen LogP contribution in [0.1, 0.15) is 74.1 Å². The normalized spacial score (nSPS) is 24.8.